The number of hydrogen-bond acceptors (Lipinski definition) is 7. The highest BCUT2D eigenvalue weighted by molar-refractivity contribution is 6.42. The number of nitrogens with zero attached hydrogens (tertiary/aromatic N) is 3. The lowest BCUT2D eigenvalue weighted by molar-refractivity contribution is -0.169. The first-order valence-corrected chi connectivity index (χ1v) is 9.56. The van der Waals surface area contributed by atoms with E-state index in [4.69, 9.17) is 42.5 Å². The lowest BCUT2D eigenvalue weighted by Gasteiger charge is -2.29. The Morgan fingerprint density at radius 1 is 1.21 bits per heavy atom. The van der Waals surface area contributed by atoms with Gasteiger partial charge in [0.2, 0.25) is 5.88 Å². The van der Waals surface area contributed by atoms with Gasteiger partial charge in [-0.15, -0.1) is 5.10 Å². The van der Waals surface area contributed by atoms with Crippen LogP contribution in [-0.2, 0) is 19.1 Å². The quantitative estimate of drug-likeness (QED) is 0.510. The van der Waals surface area contributed by atoms with Gasteiger partial charge in [-0.1, -0.05) is 23.2 Å². The minimum absolute atomic E-state index is 0.0469. The van der Waals surface area contributed by atoms with Gasteiger partial charge in [-0.25, -0.2) is 14.3 Å². The van der Waals surface area contributed by atoms with Crippen LogP contribution >= 0.6 is 23.2 Å². The van der Waals surface area contributed by atoms with Crippen LogP contribution in [0.15, 0.2) is 30.5 Å². The highest BCUT2D eigenvalue weighted by Crippen LogP contribution is 2.24. The van der Waals surface area contributed by atoms with Crippen LogP contribution in [0.2, 0.25) is 10.0 Å². The summed E-state index contributed by atoms with van der Waals surface area (Å²) < 4.78 is 17.5. The third-order valence-electron chi connectivity index (χ3n) is 4.16. The second-order valence-electron chi connectivity index (χ2n) is 6.25. The van der Waals surface area contributed by atoms with E-state index in [0.29, 0.717) is 48.6 Å². The van der Waals surface area contributed by atoms with Crippen molar-refractivity contribution in [3.63, 3.8) is 0 Å². The van der Waals surface area contributed by atoms with E-state index in [1.54, 1.807) is 35.1 Å². The third kappa shape index (κ3) is 6.07. The molecular weight excluding hydrogens is 425 g/mol. The molecule has 3 rings (SSSR count). The number of morpholine rings is 1. The molecule has 11 heteroatoms. The first-order chi connectivity index (χ1) is 13.9. The number of carboxylic acid groups (broad SMARTS) is 1. The maximum absolute atomic E-state index is 11.5. The molecule has 9 nitrogen and oxygen atoms in total. The van der Waals surface area contributed by atoms with Crippen LogP contribution in [0, 0.1) is 0 Å². The van der Waals surface area contributed by atoms with Crippen LogP contribution in [0.3, 0.4) is 0 Å². The zero-order chi connectivity index (χ0) is 20.8. The number of aromatic nitrogens is 2. The van der Waals surface area contributed by atoms with Gasteiger partial charge < -0.3 is 19.3 Å². The van der Waals surface area contributed by atoms with Gasteiger partial charge in [-0.05, 0) is 18.2 Å². The van der Waals surface area contributed by atoms with Gasteiger partial charge in [-0.3, -0.25) is 4.90 Å². The third-order valence-corrected chi connectivity index (χ3v) is 4.90. The smallest absolute Gasteiger partial charge is 0.417 e. The number of halogens is 2. The summed E-state index contributed by atoms with van der Waals surface area (Å²) in [4.78, 5) is 24.3. The van der Waals surface area contributed by atoms with E-state index in [-0.39, 0.29) is 12.5 Å². The van der Waals surface area contributed by atoms with E-state index < -0.39 is 18.0 Å². The van der Waals surface area contributed by atoms with E-state index in [9.17, 15) is 9.59 Å². The zero-order valence-corrected chi connectivity index (χ0v) is 16.8. The van der Waals surface area contributed by atoms with Gasteiger partial charge in [0.25, 0.3) is 0 Å². The number of carbonyl (C=O) groups excluding carboxylic acids is 1. The summed E-state index contributed by atoms with van der Waals surface area (Å²) in [5, 5.41) is 13.9. The van der Waals surface area contributed by atoms with Crippen molar-refractivity contribution in [2.75, 3.05) is 39.5 Å². The molecule has 1 aromatic carbocycles. The van der Waals surface area contributed by atoms with E-state index in [1.807, 2.05) is 4.90 Å². The second kappa shape index (κ2) is 9.93. The highest BCUT2D eigenvalue weighted by atomic mass is 35.5. The molecule has 0 radical (unpaired) electrons. The fourth-order valence-electron chi connectivity index (χ4n) is 2.73. The monoisotopic (exact) mass is 443 g/mol. The first-order valence-electron chi connectivity index (χ1n) is 8.80. The molecule has 29 heavy (non-hydrogen) atoms. The van der Waals surface area contributed by atoms with E-state index in [1.165, 1.54) is 0 Å². The molecule has 1 aliphatic rings. The molecule has 1 fully saturated rings. The fourth-order valence-corrected chi connectivity index (χ4v) is 3.02. The Kier molecular flexibility index (Phi) is 7.32. The summed E-state index contributed by atoms with van der Waals surface area (Å²) in [5.41, 5.74) is 0.691. The van der Waals surface area contributed by atoms with Gasteiger partial charge in [0.15, 0.2) is 0 Å². The van der Waals surface area contributed by atoms with E-state index >= 15 is 0 Å². The van der Waals surface area contributed by atoms with Crippen LogP contribution in [-0.4, -0.2) is 77.3 Å². The summed E-state index contributed by atoms with van der Waals surface area (Å²) in [5.74, 6) is -2.69. The Balaban J connectivity index is 1.63. The van der Waals surface area contributed by atoms with Crippen LogP contribution in [0.25, 0.3) is 5.69 Å². The highest BCUT2D eigenvalue weighted by Gasteiger charge is 2.24. The number of esters is 1. The summed E-state index contributed by atoms with van der Waals surface area (Å²) in [6, 6.07) is 6.70. The standard InChI is InChI=1S/C18H19Cl2N3O6/c19-14-2-1-12(9-15(14)20)23-4-3-16(21-23)28-11-13(29-18(26)17(24)25)10-22-5-7-27-8-6-22/h1-4,9,13H,5-8,10-11H2,(H,24,25). The largest absolute Gasteiger partial charge is 0.473 e. The summed E-state index contributed by atoms with van der Waals surface area (Å²) in [6.45, 7) is 2.73. The molecule has 1 aliphatic heterocycles. The predicted molar refractivity (Wildman–Crippen MR) is 104 cm³/mol. The van der Waals surface area contributed by atoms with Crippen molar-refractivity contribution in [2.24, 2.45) is 0 Å². The maximum Gasteiger partial charge on any atom is 0.417 e. The van der Waals surface area contributed by atoms with Gasteiger partial charge in [0.1, 0.15) is 12.7 Å². The van der Waals surface area contributed by atoms with Crippen molar-refractivity contribution >= 4 is 35.1 Å². The number of hydrogen-bond donors (Lipinski definition) is 1. The molecule has 2 heterocycles. The Morgan fingerprint density at radius 2 is 1.97 bits per heavy atom. The summed E-state index contributed by atoms with van der Waals surface area (Å²) >= 11 is 11.9. The lowest BCUT2D eigenvalue weighted by atomic mass is 10.3. The van der Waals surface area contributed by atoms with E-state index in [0.717, 1.165) is 0 Å². The predicted octanol–water partition coefficient (Wildman–Crippen LogP) is 1.89. The number of benzene rings is 1. The van der Waals surface area contributed by atoms with Gasteiger partial charge >= 0.3 is 11.9 Å². The number of rotatable bonds is 7. The molecule has 0 bridgehead atoms. The van der Waals surface area contributed by atoms with E-state index in [2.05, 4.69) is 5.10 Å². The average molecular weight is 444 g/mol. The average Bonchev–Trinajstić information content (AvgIpc) is 3.18. The van der Waals surface area contributed by atoms with Gasteiger partial charge in [0.05, 0.1) is 28.9 Å². The Hall–Kier alpha value is -2.33. The topological polar surface area (TPSA) is 103 Å². The molecule has 0 saturated carbocycles. The number of ether oxygens (including phenoxy) is 3. The molecular formula is C18H19Cl2N3O6. The Labute approximate surface area is 176 Å². The molecule has 1 aromatic heterocycles. The Morgan fingerprint density at radius 3 is 2.66 bits per heavy atom. The van der Waals surface area contributed by atoms with Crippen molar-refractivity contribution < 1.29 is 28.9 Å². The minimum Gasteiger partial charge on any atom is -0.473 e. The van der Waals surface area contributed by atoms with Crippen molar-refractivity contribution in [3.8, 4) is 11.6 Å². The van der Waals surface area contributed by atoms with Crippen molar-refractivity contribution in [2.45, 2.75) is 6.10 Å². The molecule has 1 unspecified atom stereocenters. The molecule has 0 spiro atoms. The Bertz CT molecular complexity index is 869. The van der Waals surface area contributed by atoms with Gasteiger partial charge in [-0.2, -0.15) is 0 Å². The van der Waals surface area contributed by atoms with Crippen LogP contribution < -0.4 is 4.74 Å². The SMILES string of the molecule is O=C(O)C(=O)OC(COc1ccn(-c2ccc(Cl)c(Cl)c2)n1)CN1CCOCC1. The number of carboxylic acids is 1. The number of aliphatic carboxylic acids is 1. The van der Waals surface area contributed by atoms with Gasteiger partial charge in [0, 0.05) is 31.9 Å². The molecule has 2 aromatic rings. The summed E-state index contributed by atoms with van der Waals surface area (Å²) in [6.07, 6.45) is 0.904. The van der Waals surface area contributed by atoms with Crippen LogP contribution in [0.4, 0.5) is 0 Å². The molecule has 156 valence electrons. The molecule has 1 N–H and O–H groups in total. The molecule has 0 aliphatic carbocycles. The van der Waals surface area contributed by atoms with Crippen LogP contribution in [0.1, 0.15) is 0 Å². The van der Waals surface area contributed by atoms with Crippen molar-refractivity contribution in [1.82, 2.24) is 14.7 Å². The minimum atomic E-state index is -1.65. The van der Waals surface area contributed by atoms with Crippen LogP contribution in [0.5, 0.6) is 5.88 Å². The lowest BCUT2D eigenvalue weighted by Crippen LogP contribution is -2.44. The molecule has 1 atom stereocenters. The summed E-state index contributed by atoms with van der Waals surface area (Å²) in [7, 11) is 0. The zero-order valence-electron chi connectivity index (χ0n) is 15.3. The van der Waals surface area contributed by atoms with Crippen molar-refractivity contribution in [3.05, 3.63) is 40.5 Å². The van der Waals surface area contributed by atoms with Crippen molar-refractivity contribution in [1.29, 1.82) is 0 Å². The molecule has 1 saturated heterocycles. The molecule has 0 amide bonds. The number of carbonyl (C=O) groups is 2. The maximum atomic E-state index is 11.5. The second-order valence-corrected chi connectivity index (χ2v) is 7.07. The normalized spacial score (nSPS) is 15.7. The fraction of sp³-hybridized carbons (Fsp3) is 0.389. The first kappa shape index (κ1) is 21.4.